The minimum absolute atomic E-state index is 0. The van der Waals surface area contributed by atoms with Crippen molar-refractivity contribution in [3.05, 3.63) is 47.4 Å². The first-order valence-electron chi connectivity index (χ1n) is 7.61. The highest BCUT2D eigenvalue weighted by atomic mass is 127. The van der Waals surface area contributed by atoms with Crippen LogP contribution in [0.5, 0.6) is 0 Å². The maximum atomic E-state index is 13.4. The monoisotopic (exact) mass is 445 g/mol. The van der Waals surface area contributed by atoms with Gasteiger partial charge in [-0.1, -0.05) is 17.3 Å². The molecule has 1 aliphatic rings. The van der Waals surface area contributed by atoms with Crippen LogP contribution in [0.1, 0.15) is 30.1 Å². The fourth-order valence-electron chi connectivity index (χ4n) is 2.58. The third kappa shape index (κ3) is 4.43. The molecule has 0 saturated heterocycles. The van der Waals surface area contributed by atoms with E-state index in [-0.39, 0.29) is 35.2 Å². The second-order valence-electron chi connectivity index (χ2n) is 5.81. The summed E-state index contributed by atoms with van der Waals surface area (Å²) in [4.78, 5) is 8.31. The lowest BCUT2D eigenvalue weighted by molar-refractivity contribution is 0.371. The molecule has 1 saturated carbocycles. The van der Waals surface area contributed by atoms with E-state index in [4.69, 9.17) is 4.52 Å². The molecule has 3 rings (SSSR count). The van der Waals surface area contributed by atoms with Crippen LogP contribution in [0, 0.1) is 12.7 Å². The van der Waals surface area contributed by atoms with Gasteiger partial charge in [0.25, 0.3) is 0 Å². The number of aromatic nitrogens is 2. The molecule has 2 aromatic rings. The molecule has 1 heterocycles. The lowest BCUT2D eigenvalue weighted by Crippen LogP contribution is -2.41. The molecule has 130 valence electrons. The summed E-state index contributed by atoms with van der Waals surface area (Å²) < 4.78 is 18.5. The number of hydrogen-bond acceptors (Lipinski definition) is 4. The van der Waals surface area contributed by atoms with Gasteiger partial charge in [-0.2, -0.15) is 4.98 Å². The van der Waals surface area contributed by atoms with Gasteiger partial charge >= 0.3 is 0 Å². The summed E-state index contributed by atoms with van der Waals surface area (Å²) in [6.07, 6.45) is 2.09. The molecule has 2 N–H and O–H groups in total. The van der Waals surface area contributed by atoms with Gasteiger partial charge in [-0.15, -0.1) is 24.0 Å². The van der Waals surface area contributed by atoms with E-state index in [9.17, 15) is 4.39 Å². The van der Waals surface area contributed by atoms with Gasteiger partial charge in [-0.3, -0.25) is 4.99 Å². The van der Waals surface area contributed by atoms with Gasteiger partial charge in [0, 0.05) is 19.0 Å². The molecule has 0 atom stereocenters. The fourth-order valence-corrected chi connectivity index (χ4v) is 2.58. The van der Waals surface area contributed by atoms with Crippen LogP contribution in [0.25, 0.3) is 0 Å². The third-order valence-corrected chi connectivity index (χ3v) is 4.09. The lowest BCUT2D eigenvalue weighted by Gasteiger charge is -2.18. The van der Waals surface area contributed by atoms with E-state index in [0.717, 1.165) is 18.4 Å². The number of hydrogen-bond donors (Lipinski definition) is 2. The second kappa shape index (κ2) is 7.91. The van der Waals surface area contributed by atoms with Gasteiger partial charge in [0.15, 0.2) is 11.8 Å². The molecule has 8 heteroatoms. The standard InChI is InChI=1S/C16H20FN5O.HI/c1-11-21-14(23-22-11)9-19-15(18-2)20-10-16(6-7-16)12-4-3-5-13(17)8-12;/h3-5,8H,6-7,9-10H2,1-2H3,(H2,18,19,20);1H. The quantitative estimate of drug-likeness (QED) is 0.421. The van der Waals surface area contributed by atoms with Gasteiger partial charge in [-0.05, 0) is 37.5 Å². The zero-order valence-electron chi connectivity index (χ0n) is 13.7. The number of aliphatic imine (C=N–C) groups is 1. The topological polar surface area (TPSA) is 75.3 Å². The largest absolute Gasteiger partial charge is 0.356 e. The van der Waals surface area contributed by atoms with Crippen LogP contribution >= 0.6 is 24.0 Å². The average molecular weight is 445 g/mol. The Morgan fingerprint density at radius 3 is 2.75 bits per heavy atom. The SMILES string of the molecule is CN=C(NCc1nc(C)no1)NCC1(c2cccc(F)c2)CC1.I. The Morgan fingerprint density at radius 1 is 1.38 bits per heavy atom. The van der Waals surface area contributed by atoms with Crippen molar-refractivity contribution in [2.75, 3.05) is 13.6 Å². The highest BCUT2D eigenvalue weighted by Crippen LogP contribution is 2.47. The molecule has 24 heavy (non-hydrogen) atoms. The smallest absolute Gasteiger partial charge is 0.246 e. The third-order valence-electron chi connectivity index (χ3n) is 4.09. The Balaban J connectivity index is 0.00000208. The number of nitrogens with one attached hydrogen (secondary N) is 2. The number of halogens is 2. The first-order valence-corrected chi connectivity index (χ1v) is 7.61. The molecule has 1 aliphatic carbocycles. The van der Waals surface area contributed by atoms with Crippen LogP contribution in [-0.2, 0) is 12.0 Å². The van der Waals surface area contributed by atoms with Gasteiger partial charge in [0.1, 0.15) is 5.82 Å². The van der Waals surface area contributed by atoms with E-state index in [1.54, 1.807) is 26.1 Å². The van der Waals surface area contributed by atoms with Gasteiger partial charge in [-0.25, -0.2) is 4.39 Å². The van der Waals surface area contributed by atoms with E-state index >= 15 is 0 Å². The molecule has 1 fully saturated rings. The average Bonchev–Trinajstić information content (AvgIpc) is 3.23. The van der Waals surface area contributed by atoms with E-state index in [2.05, 4.69) is 25.8 Å². The summed E-state index contributed by atoms with van der Waals surface area (Å²) in [6.45, 7) is 2.89. The Morgan fingerprint density at radius 2 is 2.17 bits per heavy atom. The van der Waals surface area contributed by atoms with Crippen LogP contribution in [0.15, 0.2) is 33.8 Å². The molecule has 6 nitrogen and oxygen atoms in total. The summed E-state index contributed by atoms with van der Waals surface area (Å²) in [5.74, 6) is 1.58. The molecule has 0 bridgehead atoms. The van der Waals surface area contributed by atoms with Crippen molar-refractivity contribution in [1.29, 1.82) is 0 Å². The minimum atomic E-state index is -0.192. The molecule has 0 radical (unpaired) electrons. The summed E-state index contributed by atoms with van der Waals surface area (Å²) in [5.41, 5.74) is 1.04. The molecule has 0 spiro atoms. The number of benzene rings is 1. The molecular weight excluding hydrogens is 424 g/mol. The Labute approximate surface area is 157 Å². The lowest BCUT2D eigenvalue weighted by atomic mass is 9.96. The normalized spacial score (nSPS) is 15.5. The van der Waals surface area contributed by atoms with E-state index in [0.29, 0.717) is 30.8 Å². The first-order chi connectivity index (χ1) is 11.1. The molecule has 0 aliphatic heterocycles. The van der Waals surface area contributed by atoms with Crippen LogP contribution < -0.4 is 10.6 Å². The van der Waals surface area contributed by atoms with Crippen molar-refractivity contribution < 1.29 is 8.91 Å². The molecule has 1 aromatic carbocycles. The number of guanidine groups is 1. The predicted octanol–water partition coefficient (Wildman–Crippen LogP) is 2.53. The van der Waals surface area contributed by atoms with Crippen LogP contribution in [0.4, 0.5) is 4.39 Å². The van der Waals surface area contributed by atoms with Gasteiger partial charge in [0.05, 0.1) is 6.54 Å². The summed E-state index contributed by atoms with van der Waals surface area (Å²) >= 11 is 0. The van der Waals surface area contributed by atoms with Crippen LogP contribution in [0.2, 0.25) is 0 Å². The van der Waals surface area contributed by atoms with E-state index in [1.165, 1.54) is 6.07 Å². The van der Waals surface area contributed by atoms with Crippen molar-refractivity contribution in [2.45, 2.75) is 31.7 Å². The van der Waals surface area contributed by atoms with E-state index in [1.807, 2.05) is 6.07 Å². The maximum absolute atomic E-state index is 13.4. The minimum Gasteiger partial charge on any atom is -0.356 e. The zero-order chi connectivity index (χ0) is 16.3. The van der Waals surface area contributed by atoms with Crippen LogP contribution in [-0.4, -0.2) is 29.7 Å². The Kier molecular flexibility index (Phi) is 6.14. The number of rotatable bonds is 5. The fraction of sp³-hybridized carbons (Fsp3) is 0.438. The highest BCUT2D eigenvalue weighted by molar-refractivity contribution is 14.0. The molecule has 0 unspecified atom stereocenters. The summed E-state index contributed by atoms with van der Waals surface area (Å²) in [5, 5.41) is 10.2. The van der Waals surface area contributed by atoms with E-state index < -0.39 is 0 Å². The highest BCUT2D eigenvalue weighted by Gasteiger charge is 2.44. The van der Waals surface area contributed by atoms with Crippen molar-refractivity contribution in [2.24, 2.45) is 4.99 Å². The zero-order valence-corrected chi connectivity index (χ0v) is 16.0. The Bertz CT molecular complexity index is 714. The maximum Gasteiger partial charge on any atom is 0.246 e. The van der Waals surface area contributed by atoms with Crippen molar-refractivity contribution in [3.8, 4) is 0 Å². The summed E-state index contributed by atoms with van der Waals surface area (Å²) in [6, 6.07) is 6.83. The summed E-state index contributed by atoms with van der Waals surface area (Å²) in [7, 11) is 1.70. The van der Waals surface area contributed by atoms with Crippen molar-refractivity contribution in [3.63, 3.8) is 0 Å². The molecule has 1 aromatic heterocycles. The number of nitrogens with zero attached hydrogens (tertiary/aromatic N) is 3. The predicted molar refractivity (Wildman–Crippen MR) is 100.0 cm³/mol. The number of aryl methyl sites for hydroxylation is 1. The van der Waals surface area contributed by atoms with Gasteiger partial charge < -0.3 is 15.2 Å². The van der Waals surface area contributed by atoms with Crippen molar-refractivity contribution >= 4 is 29.9 Å². The van der Waals surface area contributed by atoms with Crippen LogP contribution in [0.3, 0.4) is 0 Å². The van der Waals surface area contributed by atoms with Gasteiger partial charge in [0.2, 0.25) is 5.89 Å². The molecular formula is C16H21FIN5O. The van der Waals surface area contributed by atoms with Crippen molar-refractivity contribution in [1.82, 2.24) is 20.8 Å². The first kappa shape index (κ1) is 18.6. The molecule has 0 amide bonds. The second-order valence-corrected chi connectivity index (χ2v) is 5.81. The Hall–Kier alpha value is -1.71.